The van der Waals surface area contributed by atoms with E-state index in [0.717, 1.165) is 0 Å². The molecule has 1 fully saturated rings. The summed E-state index contributed by atoms with van der Waals surface area (Å²) < 4.78 is 59.1. The molecule has 0 aromatic carbocycles. The van der Waals surface area contributed by atoms with Crippen molar-refractivity contribution in [1.82, 2.24) is 10.3 Å². The third-order valence-corrected chi connectivity index (χ3v) is 2.97. The number of hydrogen-bond donors (Lipinski definition) is 2. The fourth-order valence-electron chi connectivity index (χ4n) is 1.74. The number of nitrogens with zero attached hydrogens (tertiary/aromatic N) is 1. The number of halogens is 6. The fraction of sp³-hybridized carbons (Fsp3) is 0.538. The maximum Gasteiger partial charge on any atom is 0.340 e. The molecule has 0 radical (unpaired) electrons. The van der Waals surface area contributed by atoms with Gasteiger partial charge in [0.05, 0.1) is 25.1 Å². The summed E-state index contributed by atoms with van der Waals surface area (Å²) in [6.45, 7) is -0.155. The molecular weight excluding hydrogens is 393 g/mol. The summed E-state index contributed by atoms with van der Waals surface area (Å²) in [5.74, 6) is -4.83. The van der Waals surface area contributed by atoms with Crippen LogP contribution in [0.4, 0.5) is 23.2 Å². The fourth-order valence-corrected chi connectivity index (χ4v) is 1.74. The highest BCUT2D eigenvalue weighted by Crippen LogP contribution is 2.24. The van der Waals surface area contributed by atoms with Crippen LogP contribution in [0.25, 0.3) is 0 Å². The average Bonchev–Trinajstić information content (AvgIpc) is 2.55. The summed E-state index contributed by atoms with van der Waals surface area (Å²) in [5.41, 5.74) is 0.315. The quantitative estimate of drug-likeness (QED) is 0.704. The summed E-state index contributed by atoms with van der Waals surface area (Å²) in [4.78, 5) is 15.6. The number of alkyl halides is 4. The predicted molar refractivity (Wildman–Crippen MR) is 86.4 cm³/mol. The summed E-state index contributed by atoms with van der Waals surface area (Å²) in [6, 6.07) is 2.07. The molecule has 2 rings (SSSR count). The molecule has 0 aliphatic carbocycles. The van der Waals surface area contributed by atoms with E-state index in [9.17, 15) is 22.4 Å². The van der Waals surface area contributed by atoms with Crippen molar-refractivity contribution in [3.8, 4) is 5.88 Å². The second kappa shape index (κ2) is 10.6. The lowest BCUT2D eigenvalue weighted by Gasteiger charge is -2.22. The molecule has 1 aliphatic rings. The van der Waals surface area contributed by atoms with Crippen LogP contribution in [0.15, 0.2) is 18.3 Å². The average molecular weight is 410 g/mol. The lowest BCUT2D eigenvalue weighted by Crippen LogP contribution is -2.48. The van der Waals surface area contributed by atoms with Gasteiger partial charge >= 0.3 is 12.3 Å². The van der Waals surface area contributed by atoms with Crippen molar-refractivity contribution in [1.29, 1.82) is 0 Å². The maximum absolute atomic E-state index is 12.7. The number of anilines is 1. The SMILES string of the molecule is Cl.Cl.O=C(Nc1ccc(OCC(F)(F)C(F)F)nc1)C1COCCN1. The van der Waals surface area contributed by atoms with Gasteiger partial charge in [0.1, 0.15) is 6.04 Å². The Bertz CT molecular complexity index is 532. The lowest BCUT2D eigenvalue weighted by molar-refractivity contribution is -0.148. The van der Waals surface area contributed by atoms with Crippen LogP contribution in [0.5, 0.6) is 5.88 Å². The minimum atomic E-state index is -4.25. The molecule has 0 spiro atoms. The van der Waals surface area contributed by atoms with Gasteiger partial charge in [-0.1, -0.05) is 0 Å². The topological polar surface area (TPSA) is 72.5 Å². The lowest BCUT2D eigenvalue weighted by atomic mass is 10.2. The number of morpholine rings is 1. The zero-order chi connectivity index (χ0) is 16.9. The second-order valence-corrected chi connectivity index (χ2v) is 4.81. The molecule has 0 bridgehead atoms. The molecule has 1 aromatic heterocycles. The minimum absolute atomic E-state index is 0. The van der Waals surface area contributed by atoms with Gasteiger partial charge in [-0.25, -0.2) is 13.8 Å². The van der Waals surface area contributed by atoms with Crippen LogP contribution in [0, 0.1) is 0 Å². The molecule has 1 saturated heterocycles. The molecule has 1 unspecified atom stereocenters. The van der Waals surface area contributed by atoms with Crippen LogP contribution in [0.1, 0.15) is 0 Å². The van der Waals surface area contributed by atoms with Crippen molar-refractivity contribution in [2.75, 3.05) is 31.7 Å². The zero-order valence-electron chi connectivity index (χ0n) is 12.7. The van der Waals surface area contributed by atoms with Crippen molar-refractivity contribution in [3.05, 3.63) is 18.3 Å². The van der Waals surface area contributed by atoms with Gasteiger partial charge in [0.25, 0.3) is 0 Å². The van der Waals surface area contributed by atoms with Gasteiger partial charge in [0.15, 0.2) is 6.61 Å². The molecule has 25 heavy (non-hydrogen) atoms. The predicted octanol–water partition coefficient (Wildman–Crippen LogP) is 2.13. The molecular formula is C13H17Cl2F4N3O3. The monoisotopic (exact) mass is 409 g/mol. The molecule has 1 aromatic rings. The number of ether oxygens (including phenoxy) is 2. The van der Waals surface area contributed by atoms with E-state index in [-0.39, 0.29) is 43.2 Å². The van der Waals surface area contributed by atoms with Gasteiger partial charge in [-0.05, 0) is 6.07 Å². The van der Waals surface area contributed by atoms with E-state index >= 15 is 0 Å². The Balaban J connectivity index is 0.00000288. The number of hydrogen-bond acceptors (Lipinski definition) is 5. The number of carbonyl (C=O) groups is 1. The standard InChI is InChI=1S/C13H15F4N3O3.2ClH/c14-12(15)13(16,17)7-23-10-2-1-8(5-19-10)20-11(21)9-6-22-4-3-18-9;;/h1-2,5,9,12,18H,3-4,6-7H2,(H,20,21);2*1H. The summed E-state index contributed by atoms with van der Waals surface area (Å²) >= 11 is 0. The minimum Gasteiger partial charge on any atom is -0.471 e. The normalized spacial score (nSPS) is 17.2. The Morgan fingerprint density at radius 3 is 2.68 bits per heavy atom. The Kier molecular flexibility index (Phi) is 10.0. The molecule has 2 N–H and O–H groups in total. The highest BCUT2D eigenvalue weighted by Gasteiger charge is 2.41. The molecule has 1 aliphatic heterocycles. The second-order valence-electron chi connectivity index (χ2n) is 4.81. The molecule has 0 saturated carbocycles. The molecule has 6 nitrogen and oxygen atoms in total. The maximum atomic E-state index is 12.7. The summed E-state index contributed by atoms with van der Waals surface area (Å²) in [5, 5.41) is 5.52. The van der Waals surface area contributed by atoms with E-state index < -0.39 is 25.0 Å². The molecule has 144 valence electrons. The molecule has 1 amide bonds. The van der Waals surface area contributed by atoms with Crippen LogP contribution in [0.2, 0.25) is 0 Å². The third kappa shape index (κ3) is 7.18. The van der Waals surface area contributed by atoms with E-state index in [2.05, 4.69) is 20.4 Å². The third-order valence-electron chi connectivity index (χ3n) is 2.97. The Morgan fingerprint density at radius 1 is 1.44 bits per heavy atom. The number of aromatic nitrogens is 1. The first-order valence-electron chi connectivity index (χ1n) is 6.75. The van der Waals surface area contributed by atoms with Crippen molar-refractivity contribution in [3.63, 3.8) is 0 Å². The molecule has 2 heterocycles. The van der Waals surface area contributed by atoms with Gasteiger partial charge < -0.3 is 20.1 Å². The van der Waals surface area contributed by atoms with E-state index in [1.54, 1.807) is 0 Å². The van der Waals surface area contributed by atoms with Crippen molar-refractivity contribution in [2.24, 2.45) is 0 Å². The number of nitrogens with one attached hydrogen (secondary N) is 2. The van der Waals surface area contributed by atoms with Crippen LogP contribution in [0.3, 0.4) is 0 Å². The van der Waals surface area contributed by atoms with E-state index in [1.165, 1.54) is 18.3 Å². The van der Waals surface area contributed by atoms with Crippen molar-refractivity contribution >= 4 is 36.4 Å². The number of rotatable bonds is 6. The Hall–Kier alpha value is -1.36. The highest BCUT2D eigenvalue weighted by atomic mass is 35.5. The highest BCUT2D eigenvalue weighted by molar-refractivity contribution is 5.94. The molecule has 12 heteroatoms. The first-order chi connectivity index (χ1) is 10.9. The Labute approximate surface area is 153 Å². The van der Waals surface area contributed by atoms with E-state index in [0.29, 0.717) is 18.8 Å². The van der Waals surface area contributed by atoms with Gasteiger partial charge in [-0.15, -0.1) is 24.8 Å². The van der Waals surface area contributed by atoms with Gasteiger partial charge in [-0.2, -0.15) is 8.78 Å². The smallest absolute Gasteiger partial charge is 0.340 e. The van der Waals surface area contributed by atoms with Gasteiger partial charge in [0.2, 0.25) is 11.8 Å². The van der Waals surface area contributed by atoms with Gasteiger partial charge in [0, 0.05) is 12.6 Å². The van der Waals surface area contributed by atoms with Crippen LogP contribution in [-0.4, -0.2) is 55.6 Å². The van der Waals surface area contributed by atoms with E-state index in [4.69, 9.17) is 4.74 Å². The van der Waals surface area contributed by atoms with Gasteiger partial charge in [-0.3, -0.25) is 4.79 Å². The van der Waals surface area contributed by atoms with Crippen molar-refractivity contribution < 1.29 is 31.8 Å². The summed E-state index contributed by atoms with van der Waals surface area (Å²) in [7, 11) is 0. The zero-order valence-corrected chi connectivity index (χ0v) is 14.3. The number of carbonyl (C=O) groups excluding carboxylic acids is 1. The van der Waals surface area contributed by atoms with Crippen molar-refractivity contribution in [2.45, 2.75) is 18.4 Å². The van der Waals surface area contributed by atoms with Crippen LogP contribution >= 0.6 is 24.8 Å². The first-order valence-corrected chi connectivity index (χ1v) is 6.75. The Morgan fingerprint density at radius 2 is 2.16 bits per heavy atom. The number of amides is 1. The first kappa shape index (κ1) is 23.6. The summed E-state index contributed by atoms with van der Waals surface area (Å²) in [6.07, 6.45) is -2.64. The number of pyridine rings is 1. The largest absolute Gasteiger partial charge is 0.471 e. The van der Waals surface area contributed by atoms with E-state index in [1.807, 2.05) is 0 Å². The van der Waals surface area contributed by atoms with Crippen LogP contribution < -0.4 is 15.4 Å². The van der Waals surface area contributed by atoms with Crippen LogP contribution in [-0.2, 0) is 9.53 Å². The molecule has 1 atom stereocenters.